The molecule has 0 N–H and O–H groups in total. The van der Waals surface area contributed by atoms with Gasteiger partial charge in [-0.05, 0) is 38.5 Å². The van der Waals surface area contributed by atoms with Gasteiger partial charge in [0.2, 0.25) is 5.25 Å². The molecular formula is C20H21O6S. The minimum absolute atomic E-state index is 0.0580. The van der Waals surface area contributed by atoms with Crippen LogP contribution < -0.4 is 0 Å². The van der Waals surface area contributed by atoms with Crippen LogP contribution in [-0.4, -0.2) is 31.7 Å². The first-order valence-electron chi connectivity index (χ1n) is 8.25. The number of rotatable bonds is 8. The van der Waals surface area contributed by atoms with Crippen LogP contribution in [0, 0.1) is 6.92 Å². The summed E-state index contributed by atoms with van der Waals surface area (Å²) in [6.45, 7) is 5.61. The normalized spacial score (nSPS) is 12.9. The number of ether oxygens (including phenoxy) is 2. The van der Waals surface area contributed by atoms with E-state index in [9.17, 15) is 18.0 Å². The molecule has 0 bridgehead atoms. The zero-order valence-corrected chi connectivity index (χ0v) is 16.2. The van der Waals surface area contributed by atoms with Crippen LogP contribution in [0.4, 0.5) is 0 Å². The second-order valence-corrected chi connectivity index (χ2v) is 8.65. The molecule has 0 saturated heterocycles. The molecule has 2 aromatic rings. The number of sulfone groups is 1. The highest BCUT2D eigenvalue weighted by molar-refractivity contribution is 7.92. The van der Waals surface area contributed by atoms with Crippen molar-refractivity contribution in [2.45, 2.75) is 43.1 Å². The van der Waals surface area contributed by atoms with E-state index in [4.69, 9.17) is 9.47 Å². The smallest absolute Gasteiger partial charge is 0.418 e. The molecule has 0 aliphatic rings. The summed E-state index contributed by atoms with van der Waals surface area (Å²) in [5, 5.41) is -1.74. The maximum absolute atomic E-state index is 13.1. The zero-order valence-electron chi connectivity index (χ0n) is 15.3. The number of carbonyl (C=O) groups excluding carboxylic acids is 2. The number of benzene rings is 2. The lowest BCUT2D eigenvalue weighted by Crippen LogP contribution is -2.50. The molecule has 1 radical (unpaired) electrons. The van der Waals surface area contributed by atoms with Crippen molar-refractivity contribution in [2.24, 2.45) is 0 Å². The molecule has 143 valence electrons. The largest absolute Gasteiger partial charge is 0.460 e. The van der Waals surface area contributed by atoms with Crippen LogP contribution in [0.25, 0.3) is 0 Å². The highest BCUT2D eigenvalue weighted by Crippen LogP contribution is 2.28. The van der Waals surface area contributed by atoms with Crippen molar-refractivity contribution in [1.29, 1.82) is 0 Å². The molecule has 2 aromatic carbocycles. The van der Waals surface area contributed by atoms with Crippen molar-refractivity contribution in [3.8, 4) is 0 Å². The van der Waals surface area contributed by atoms with Crippen LogP contribution in [0.3, 0.4) is 0 Å². The van der Waals surface area contributed by atoms with E-state index >= 15 is 0 Å². The average Bonchev–Trinajstić information content (AvgIpc) is 2.60. The van der Waals surface area contributed by atoms with Gasteiger partial charge in [-0.1, -0.05) is 48.0 Å². The first-order chi connectivity index (χ1) is 12.7. The summed E-state index contributed by atoms with van der Waals surface area (Å²) in [4.78, 5) is 23.4. The molecule has 0 aliphatic carbocycles. The fraction of sp³-hybridized carbons (Fsp3) is 0.300. The van der Waals surface area contributed by atoms with E-state index in [2.05, 4.69) is 0 Å². The summed E-state index contributed by atoms with van der Waals surface area (Å²) in [5.41, 5.74) is -0.0916. The van der Waals surface area contributed by atoms with Gasteiger partial charge in [-0.25, -0.2) is 13.2 Å². The number of hydrogen-bond donors (Lipinski definition) is 0. The Kier molecular flexibility index (Phi) is 6.38. The Hall–Kier alpha value is -2.67. The first-order valence-corrected chi connectivity index (χ1v) is 9.79. The van der Waals surface area contributed by atoms with Crippen molar-refractivity contribution < 1.29 is 27.5 Å². The number of carbonyl (C=O) groups is 1. The van der Waals surface area contributed by atoms with Crippen molar-refractivity contribution in [2.75, 3.05) is 0 Å². The minimum Gasteiger partial charge on any atom is -0.460 e. The molecule has 0 aromatic heterocycles. The molecule has 0 spiro atoms. The van der Waals surface area contributed by atoms with E-state index in [0.29, 0.717) is 5.56 Å². The van der Waals surface area contributed by atoms with Gasteiger partial charge in [-0.2, -0.15) is 0 Å². The predicted molar refractivity (Wildman–Crippen MR) is 99.2 cm³/mol. The lowest BCUT2D eigenvalue weighted by Gasteiger charge is -2.30. The molecule has 0 fully saturated rings. The van der Waals surface area contributed by atoms with Gasteiger partial charge >= 0.3 is 12.4 Å². The molecule has 0 amide bonds. The van der Waals surface area contributed by atoms with Crippen LogP contribution >= 0.6 is 0 Å². The van der Waals surface area contributed by atoms with E-state index in [1.807, 2.05) is 13.0 Å². The lowest BCUT2D eigenvalue weighted by molar-refractivity contribution is -0.148. The molecule has 0 saturated carbocycles. The highest BCUT2D eigenvalue weighted by atomic mass is 32.2. The van der Waals surface area contributed by atoms with Gasteiger partial charge in [0.1, 0.15) is 12.2 Å². The SMILES string of the molecule is Cc1ccc(S(=O)(=O)C(C(=O)OCc2ccccc2)C(C)(C)O[C]=O)cc1. The summed E-state index contributed by atoms with van der Waals surface area (Å²) in [6, 6.07) is 14.9. The van der Waals surface area contributed by atoms with Gasteiger partial charge in [-0.15, -0.1) is 0 Å². The van der Waals surface area contributed by atoms with E-state index in [1.165, 1.54) is 32.5 Å². The van der Waals surface area contributed by atoms with Crippen LogP contribution in [0.2, 0.25) is 0 Å². The summed E-state index contributed by atoms with van der Waals surface area (Å²) < 4.78 is 36.3. The minimum atomic E-state index is -4.18. The second-order valence-electron chi connectivity index (χ2n) is 6.62. The fourth-order valence-corrected chi connectivity index (χ4v) is 4.52. The Morgan fingerprint density at radius 3 is 2.22 bits per heavy atom. The van der Waals surface area contributed by atoms with Gasteiger partial charge in [0, 0.05) is 0 Å². The van der Waals surface area contributed by atoms with Gasteiger partial charge < -0.3 is 9.47 Å². The third-order valence-corrected chi connectivity index (χ3v) is 6.34. The Bertz CT molecular complexity index is 886. The highest BCUT2D eigenvalue weighted by Gasteiger charge is 2.49. The maximum Gasteiger partial charge on any atom is 0.418 e. The topological polar surface area (TPSA) is 86.7 Å². The molecule has 27 heavy (non-hydrogen) atoms. The molecule has 1 atom stereocenters. The van der Waals surface area contributed by atoms with Crippen LogP contribution in [-0.2, 0) is 35.5 Å². The van der Waals surface area contributed by atoms with Gasteiger partial charge in [0.15, 0.2) is 9.84 Å². The quantitative estimate of drug-likeness (QED) is 0.645. The number of hydrogen-bond acceptors (Lipinski definition) is 6. The third kappa shape index (κ3) is 4.95. The Balaban J connectivity index is 2.37. The number of esters is 1. The van der Waals surface area contributed by atoms with Crippen molar-refractivity contribution >= 4 is 22.3 Å². The standard InChI is InChI=1S/C20H21O6S/c1-15-9-11-17(12-10-15)27(23,24)18(20(2,3)26-14-21)19(22)25-13-16-7-5-4-6-8-16/h4-12,18H,13H2,1-3H3. The van der Waals surface area contributed by atoms with Gasteiger partial charge in [-0.3, -0.25) is 4.79 Å². The number of aryl methyl sites for hydroxylation is 1. The predicted octanol–water partition coefficient (Wildman–Crippen LogP) is 2.74. The molecule has 0 heterocycles. The van der Waals surface area contributed by atoms with Crippen molar-refractivity contribution in [1.82, 2.24) is 0 Å². The molecule has 7 heteroatoms. The fourth-order valence-electron chi connectivity index (χ4n) is 2.61. The molecule has 2 rings (SSSR count). The van der Waals surface area contributed by atoms with Crippen LogP contribution in [0.15, 0.2) is 59.5 Å². The van der Waals surface area contributed by atoms with Gasteiger partial charge in [0.05, 0.1) is 4.90 Å². The summed E-state index contributed by atoms with van der Waals surface area (Å²) in [5.74, 6) is -1.00. The summed E-state index contributed by atoms with van der Waals surface area (Å²) >= 11 is 0. The third-order valence-electron chi connectivity index (χ3n) is 4.03. The molecule has 1 unspecified atom stereocenters. The Labute approximate surface area is 159 Å². The van der Waals surface area contributed by atoms with E-state index in [0.717, 1.165) is 5.56 Å². The van der Waals surface area contributed by atoms with E-state index in [-0.39, 0.29) is 11.5 Å². The first kappa shape index (κ1) is 20.6. The summed E-state index contributed by atoms with van der Waals surface area (Å²) in [7, 11) is -4.18. The Morgan fingerprint density at radius 1 is 1.07 bits per heavy atom. The zero-order chi connectivity index (χ0) is 20.1. The van der Waals surface area contributed by atoms with Gasteiger partial charge in [0.25, 0.3) is 0 Å². The maximum atomic E-state index is 13.1. The molecule has 0 aliphatic heterocycles. The lowest BCUT2D eigenvalue weighted by atomic mass is 10.0. The molecule has 6 nitrogen and oxygen atoms in total. The van der Waals surface area contributed by atoms with Crippen LogP contribution in [0.5, 0.6) is 0 Å². The van der Waals surface area contributed by atoms with E-state index in [1.54, 1.807) is 36.4 Å². The van der Waals surface area contributed by atoms with E-state index < -0.39 is 26.7 Å². The Morgan fingerprint density at radius 2 is 1.67 bits per heavy atom. The van der Waals surface area contributed by atoms with Crippen molar-refractivity contribution in [3.05, 3.63) is 65.7 Å². The van der Waals surface area contributed by atoms with Crippen molar-refractivity contribution in [3.63, 3.8) is 0 Å². The monoisotopic (exact) mass is 389 g/mol. The average molecular weight is 389 g/mol. The molecular weight excluding hydrogens is 368 g/mol. The second kappa shape index (κ2) is 8.35. The summed E-state index contributed by atoms with van der Waals surface area (Å²) in [6.07, 6.45) is 0. The van der Waals surface area contributed by atoms with Crippen LogP contribution in [0.1, 0.15) is 25.0 Å².